The van der Waals surface area contributed by atoms with E-state index in [-0.39, 0.29) is 12.0 Å². The summed E-state index contributed by atoms with van der Waals surface area (Å²) in [5.41, 5.74) is 0.899. The van der Waals surface area contributed by atoms with Crippen molar-refractivity contribution in [2.75, 3.05) is 0 Å². The van der Waals surface area contributed by atoms with Crippen LogP contribution >= 0.6 is 0 Å². The van der Waals surface area contributed by atoms with Gasteiger partial charge in [0.2, 0.25) is 0 Å². The molecule has 0 N–H and O–H groups in total. The molecule has 0 aromatic heterocycles. The molecule has 1 saturated carbocycles. The Morgan fingerprint density at radius 1 is 1.08 bits per heavy atom. The van der Waals surface area contributed by atoms with Gasteiger partial charge in [0, 0.05) is 24.9 Å². The van der Waals surface area contributed by atoms with E-state index in [0.29, 0.717) is 11.1 Å². The standard InChI is InChI=1S/C23H33N/c1-2-3-4-5-6-10-17-23(20-13-8-7-9-14-20)24-18-21-15-11-12-16-22(21)19-24/h11-12,15-16,20,23H,2-9,13-14,18-19H2,1H3/i18D2,19D2. The van der Waals surface area contributed by atoms with Crippen molar-refractivity contribution in [2.24, 2.45) is 5.92 Å². The van der Waals surface area contributed by atoms with E-state index in [9.17, 15) is 0 Å². The molecule has 24 heavy (non-hydrogen) atoms. The molecule has 1 atom stereocenters. The number of fused-ring (bicyclic) bond motifs is 1. The summed E-state index contributed by atoms with van der Waals surface area (Å²) in [6, 6.07) is 6.66. The third-order valence-electron chi connectivity index (χ3n) is 5.19. The van der Waals surface area contributed by atoms with Gasteiger partial charge in [0.1, 0.15) is 0 Å². The topological polar surface area (TPSA) is 3.24 Å². The largest absolute Gasteiger partial charge is 0.281 e. The Bertz CT molecular complexity index is 678. The van der Waals surface area contributed by atoms with Gasteiger partial charge in [-0.3, -0.25) is 4.90 Å². The Hall–Kier alpha value is -1.26. The van der Waals surface area contributed by atoms with E-state index >= 15 is 0 Å². The van der Waals surface area contributed by atoms with E-state index in [1.807, 2.05) is 0 Å². The van der Waals surface area contributed by atoms with Crippen molar-refractivity contribution in [2.45, 2.75) is 90.2 Å². The van der Waals surface area contributed by atoms with Crippen molar-refractivity contribution in [3.63, 3.8) is 0 Å². The monoisotopic (exact) mass is 327 g/mol. The van der Waals surface area contributed by atoms with Crippen LogP contribution in [0.5, 0.6) is 0 Å². The highest BCUT2D eigenvalue weighted by Crippen LogP contribution is 2.33. The fourth-order valence-electron chi connectivity index (χ4n) is 3.76. The van der Waals surface area contributed by atoms with Gasteiger partial charge in [0.05, 0.1) is 6.04 Å². The number of hydrogen-bond acceptors (Lipinski definition) is 1. The second-order valence-electron chi connectivity index (χ2n) is 7.11. The van der Waals surface area contributed by atoms with Crippen LogP contribution in [0, 0.1) is 17.8 Å². The quantitative estimate of drug-likeness (QED) is 0.463. The molecule has 0 spiro atoms. The molecule has 1 heteroatoms. The lowest BCUT2D eigenvalue weighted by Crippen LogP contribution is -2.37. The Balaban J connectivity index is 1.90. The van der Waals surface area contributed by atoms with Crippen LogP contribution in [-0.2, 0) is 13.0 Å². The molecule has 1 aromatic rings. The molecule has 1 fully saturated rings. The van der Waals surface area contributed by atoms with Crippen LogP contribution in [-0.4, -0.2) is 10.9 Å². The predicted molar refractivity (Wildman–Crippen MR) is 103 cm³/mol. The van der Waals surface area contributed by atoms with E-state index in [1.54, 1.807) is 24.3 Å². The summed E-state index contributed by atoms with van der Waals surface area (Å²) in [6.45, 7) is -1.50. The van der Waals surface area contributed by atoms with Crippen LogP contribution in [0.2, 0.25) is 0 Å². The maximum Gasteiger partial charge on any atom is 0.0748 e. The Labute approximate surface area is 154 Å². The van der Waals surface area contributed by atoms with Gasteiger partial charge in [-0.1, -0.05) is 75.6 Å². The highest BCUT2D eigenvalue weighted by atomic mass is 15.2. The number of rotatable bonds is 6. The zero-order valence-electron chi connectivity index (χ0n) is 19.0. The maximum atomic E-state index is 8.79. The van der Waals surface area contributed by atoms with Crippen LogP contribution in [0.15, 0.2) is 24.3 Å². The Morgan fingerprint density at radius 2 is 1.79 bits per heavy atom. The molecule has 0 bridgehead atoms. The molecule has 0 radical (unpaired) electrons. The molecule has 0 amide bonds. The molecule has 1 aliphatic carbocycles. The summed E-state index contributed by atoms with van der Waals surface area (Å²) in [5.74, 6) is 6.88. The molecule has 0 saturated heterocycles. The fourth-order valence-corrected chi connectivity index (χ4v) is 3.76. The summed E-state index contributed by atoms with van der Waals surface area (Å²) < 4.78 is 35.1. The first-order valence-electron chi connectivity index (χ1n) is 11.8. The average Bonchev–Trinajstić information content (AvgIpc) is 2.85. The van der Waals surface area contributed by atoms with Crippen molar-refractivity contribution in [1.29, 1.82) is 0 Å². The van der Waals surface area contributed by atoms with Crippen LogP contribution in [0.25, 0.3) is 0 Å². The lowest BCUT2D eigenvalue weighted by Gasteiger charge is -2.33. The zero-order valence-corrected chi connectivity index (χ0v) is 15.0. The second kappa shape index (κ2) is 9.28. The van der Waals surface area contributed by atoms with Crippen LogP contribution in [0.4, 0.5) is 0 Å². The van der Waals surface area contributed by atoms with Gasteiger partial charge >= 0.3 is 0 Å². The minimum absolute atomic E-state index is 0.233. The van der Waals surface area contributed by atoms with E-state index < -0.39 is 13.0 Å². The predicted octanol–water partition coefficient (Wildman–Crippen LogP) is 5.92. The van der Waals surface area contributed by atoms with Gasteiger partial charge in [-0.15, -0.1) is 5.92 Å². The number of unbranched alkanes of at least 4 members (excludes halogenated alkanes) is 4. The normalized spacial score (nSPS) is 26.2. The Morgan fingerprint density at radius 3 is 2.46 bits per heavy atom. The molecule has 3 rings (SSSR count). The van der Waals surface area contributed by atoms with Crippen LogP contribution in [0.3, 0.4) is 0 Å². The third-order valence-corrected chi connectivity index (χ3v) is 5.19. The van der Waals surface area contributed by atoms with E-state index in [4.69, 9.17) is 5.48 Å². The lowest BCUT2D eigenvalue weighted by molar-refractivity contribution is 0.156. The van der Waals surface area contributed by atoms with Crippen molar-refractivity contribution in [3.05, 3.63) is 35.4 Å². The van der Waals surface area contributed by atoms with Crippen molar-refractivity contribution in [3.8, 4) is 11.8 Å². The smallest absolute Gasteiger partial charge is 0.0748 e. The van der Waals surface area contributed by atoms with E-state index in [2.05, 4.69) is 18.8 Å². The lowest BCUT2D eigenvalue weighted by atomic mass is 9.83. The number of benzene rings is 1. The molecular weight excluding hydrogens is 290 g/mol. The number of nitrogens with zero attached hydrogens (tertiary/aromatic N) is 1. The van der Waals surface area contributed by atoms with Crippen molar-refractivity contribution in [1.82, 2.24) is 4.90 Å². The summed E-state index contributed by atoms with van der Waals surface area (Å²) >= 11 is 0. The third kappa shape index (κ3) is 4.64. The minimum Gasteiger partial charge on any atom is -0.281 e. The average molecular weight is 328 g/mol. The van der Waals surface area contributed by atoms with E-state index in [1.165, 1.54) is 30.6 Å². The molecular formula is C23H33N. The molecule has 130 valence electrons. The first-order chi connectivity index (χ1) is 13.4. The minimum atomic E-state index is -1.85. The van der Waals surface area contributed by atoms with E-state index in [0.717, 1.165) is 38.5 Å². The van der Waals surface area contributed by atoms with Crippen molar-refractivity contribution >= 4 is 0 Å². The van der Waals surface area contributed by atoms with Gasteiger partial charge in [0.25, 0.3) is 0 Å². The summed E-state index contributed by atoms with van der Waals surface area (Å²) in [6.07, 6.45) is 11.0. The van der Waals surface area contributed by atoms with Crippen LogP contribution in [0.1, 0.15) is 87.7 Å². The van der Waals surface area contributed by atoms with Gasteiger partial charge in [-0.05, 0) is 36.3 Å². The molecule has 1 aliphatic heterocycles. The molecule has 1 nitrogen and oxygen atoms in total. The van der Waals surface area contributed by atoms with Gasteiger partial charge in [0.15, 0.2) is 0 Å². The van der Waals surface area contributed by atoms with Gasteiger partial charge < -0.3 is 0 Å². The van der Waals surface area contributed by atoms with Crippen molar-refractivity contribution < 1.29 is 5.48 Å². The summed E-state index contributed by atoms with van der Waals surface area (Å²) in [5, 5.41) is 0. The first kappa shape index (κ1) is 13.0. The first-order valence-corrected chi connectivity index (χ1v) is 9.78. The molecule has 2 aliphatic rings. The van der Waals surface area contributed by atoms with Crippen LogP contribution < -0.4 is 0 Å². The molecule has 1 unspecified atom stereocenters. The van der Waals surface area contributed by atoms with Gasteiger partial charge in [-0.25, -0.2) is 0 Å². The fraction of sp³-hybridized carbons (Fsp3) is 0.652. The summed E-state index contributed by atoms with van der Waals surface area (Å²) in [4.78, 5) is 1.44. The number of hydrogen-bond donors (Lipinski definition) is 0. The Kier molecular flexibility index (Phi) is 5.03. The highest BCUT2D eigenvalue weighted by molar-refractivity contribution is 5.31. The summed E-state index contributed by atoms with van der Waals surface area (Å²) in [7, 11) is 0. The zero-order chi connectivity index (χ0) is 20.2. The highest BCUT2D eigenvalue weighted by Gasteiger charge is 2.31. The molecule has 1 aromatic carbocycles. The SMILES string of the molecule is [2H]C1([2H])c2ccccc2C([2H])([2H])N1C(C#CCCCCCC)C1CCCCC1. The molecule has 1 heterocycles. The van der Waals surface area contributed by atoms with Gasteiger partial charge in [-0.2, -0.15) is 0 Å². The second-order valence-corrected chi connectivity index (χ2v) is 7.11. The maximum absolute atomic E-state index is 8.79.